The molecule has 2 unspecified atom stereocenters. The van der Waals surface area contributed by atoms with Crippen molar-refractivity contribution in [2.24, 2.45) is 0 Å². The van der Waals surface area contributed by atoms with Gasteiger partial charge in [0.1, 0.15) is 0 Å². The summed E-state index contributed by atoms with van der Waals surface area (Å²) in [5.41, 5.74) is 27.4. The van der Waals surface area contributed by atoms with Gasteiger partial charge in [-0.1, -0.05) is 255 Å². The first-order valence-electron chi connectivity index (χ1n) is 28.4. The summed E-state index contributed by atoms with van der Waals surface area (Å²) in [6.07, 6.45) is 3.84. The third-order valence-electron chi connectivity index (χ3n) is 17.3. The van der Waals surface area contributed by atoms with E-state index >= 15 is 0 Å². The van der Waals surface area contributed by atoms with Crippen LogP contribution in [0.2, 0.25) is 0 Å². The molecular weight excluding hydrogens is 989 g/mol. The van der Waals surface area contributed by atoms with Crippen molar-refractivity contribution in [3.8, 4) is 33.4 Å². The fourth-order valence-corrected chi connectivity index (χ4v) is 13.4. The fourth-order valence-electron chi connectivity index (χ4n) is 13.4. The molecule has 12 aromatic rings. The van der Waals surface area contributed by atoms with Gasteiger partial charge in [0.15, 0.2) is 0 Å². The number of fused-ring (bicyclic) bond motifs is 6. The molecular formula is C80H60N2. The molecule has 0 saturated carbocycles. The van der Waals surface area contributed by atoms with Gasteiger partial charge in [0.2, 0.25) is 0 Å². The van der Waals surface area contributed by atoms with Crippen LogP contribution >= 0.6 is 0 Å². The highest BCUT2D eigenvalue weighted by atomic mass is 15.1. The summed E-state index contributed by atoms with van der Waals surface area (Å²) in [4.78, 5) is 4.79. The lowest BCUT2D eigenvalue weighted by Crippen LogP contribution is -2.29. The zero-order chi connectivity index (χ0) is 55.4. The lowest BCUT2D eigenvalue weighted by Gasteiger charge is -2.35. The van der Waals surface area contributed by atoms with Crippen molar-refractivity contribution in [1.29, 1.82) is 0 Å². The molecule has 2 atom stereocenters. The third-order valence-corrected chi connectivity index (χ3v) is 17.3. The molecule has 12 aromatic carbocycles. The number of nitrogens with zero attached hydrogens (tertiary/aromatic N) is 2. The second kappa shape index (κ2) is 20.4. The van der Waals surface area contributed by atoms with Crippen LogP contribution in [0.5, 0.6) is 0 Å². The number of anilines is 6. The van der Waals surface area contributed by atoms with Crippen molar-refractivity contribution in [3.63, 3.8) is 0 Å². The molecule has 390 valence electrons. The Morgan fingerprint density at radius 2 is 0.561 bits per heavy atom. The lowest BCUT2D eigenvalue weighted by atomic mass is 9.67. The molecule has 0 bridgehead atoms. The maximum atomic E-state index is 4.09. The molecule has 0 fully saturated rings. The van der Waals surface area contributed by atoms with Gasteiger partial charge >= 0.3 is 0 Å². The van der Waals surface area contributed by atoms with Crippen LogP contribution < -0.4 is 9.80 Å². The van der Waals surface area contributed by atoms with Gasteiger partial charge in [-0.3, -0.25) is 0 Å². The first-order chi connectivity index (χ1) is 40.4. The average molecular weight is 1050 g/mol. The zero-order valence-electron chi connectivity index (χ0n) is 46.2. The van der Waals surface area contributed by atoms with E-state index in [0.717, 1.165) is 56.4 Å². The van der Waals surface area contributed by atoms with Gasteiger partial charge in [0, 0.05) is 34.1 Å². The van der Waals surface area contributed by atoms with Crippen LogP contribution in [0.1, 0.15) is 66.8 Å². The van der Waals surface area contributed by atoms with E-state index in [1.807, 2.05) is 12.2 Å². The van der Waals surface area contributed by atoms with E-state index in [9.17, 15) is 0 Å². The third kappa shape index (κ3) is 8.09. The molecule has 2 aliphatic carbocycles. The second-order valence-electron chi connectivity index (χ2n) is 21.9. The largest absolute Gasteiger partial charge is 0.310 e. The lowest BCUT2D eigenvalue weighted by molar-refractivity contribution is 0.768. The number of aryl methyl sites for hydroxylation is 2. The van der Waals surface area contributed by atoms with Crippen LogP contribution in [0.3, 0.4) is 0 Å². The molecule has 2 nitrogen and oxygen atoms in total. The molecule has 0 N–H and O–H groups in total. The second-order valence-corrected chi connectivity index (χ2v) is 21.9. The molecule has 0 aliphatic heterocycles. The monoisotopic (exact) mass is 1050 g/mol. The van der Waals surface area contributed by atoms with Crippen LogP contribution in [0, 0.1) is 13.8 Å². The Balaban J connectivity index is 0.849. The van der Waals surface area contributed by atoms with Gasteiger partial charge < -0.3 is 9.80 Å². The number of benzene rings is 12. The van der Waals surface area contributed by atoms with E-state index < -0.39 is 10.8 Å². The highest BCUT2D eigenvalue weighted by Gasteiger charge is 2.48. The molecule has 0 amide bonds. The van der Waals surface area contributed by atoms with Crippen molar-refractivity contribution >= 4 is 46.3 Å². The minimum Gasteiger partial charge on any atom is -0.310 e. The molecule has 0 radical (unpaired) electrons. The maximum Gasteiger partial charge on any atom is 0.0714 e. The molecule has 82 heavy (non-hydrogen) atoms. The van der Waals surface area contributed by atoms with Crippen LogP contribution in [-0.2, 0) is 10.8 Å². The Morgan fingerprint density at radius 1 is 0.268 bits per heavy atom. The van der Waals surface area contributed by atoms with Crippen molar-refractivity contribution in [2.45, 2.75) is 24.7 Å². The van der Waals surface area contributed by atoms with Gasteiger partial charge in [-0.15, -0.1) is 0 Å². The molecule has 0 heterocycles. The minimum absolute atomic E-state index is 0.555. The van der Waals surface area contributed by atoms with Crippen molar-refractivity contribution in [3.05, 3.63) is 371 Å². The smallest absolute Gasteiger partial charge is 0.0714 e. The van der Waals surface area contributed by atoms with Crippen LogP contribution in [0.25, 0.3) is 45.5 Å². The highest BCUT2D eigenvalue weighted by Crippen LogP contribution is 2.59. The summed E-state index contributed by atoms with van der Waals surface area (Å²) in [6.45, 7) is 12.5. The van der Waals surface area contributed by atoms with Gasteiger partial charge in [-0.05, 0) is 176 Å². The number of hydrogen-bond donors (Lipinski definition) is 0. The summed E-state index contributed by atoms with van der Waals surface area (Å²) < 4.78 is 0. The van der Waals surface area contributed by atoms with Crippen LogP contribution in [0.15, 0.2) is 304 Å². The Morgan fingerprint density at radius 3 is 0.915 bits per heavy atom. The summed E-state index contributed by atoms with van der Waals surface area (Å²) in [7, 11) is 0. The van der Waals surface area contributed by atoms with E-state index in [4.69, 9.17) is 0 Å². The van der Waals surface area contributed by atoms with E-state index in [1.165, 1.54) is 77.9 Å². The predicted octanol–water partition coefficient (Wildman–Crippen LogP) is 20.9. The van der Waals surface area contributed by atoms with Crippen molar-refractivity contribution in [2.75, 3.05) is 9.80 Å². The van der Waals surface area contributed by atoms with Crippen LogP contribution in [0.4, 0.5) is 34.1 Å². The summed E-state index contributed by atoms with van der Waals surface area (Å²) >= 11 is 0. The van der Waals surface area contributed by atoms with E-state index in [0.29, 0.717) is 0 Å². The molecule has 2 heteroatoms. The topological polar surface area (TPSA) is 6.48 Å². The normalized spacial score (nSPS) is 15.4. The van der Waals surface area contributed by atoms with E-state index in [2.05, 4.69) is 328 Å². The predicted molar refractivity (Wildman–Crippen MR) is 346 cm³/mol. The highest BCUT2D eigenvalue weighted by molar-refractivity contribution is 5.92. The quantitative estimate of drug-likeness (QED) is 0.114. The van der Waals surface area contributed by atoms with E-state index in [1.54, 1.807) is 0 Å². The molecule has 2 aliphatic rings. The summed E-state index contributed by atoms with van der Waals surface area (Å²) in [6, 6.07) is 108. The molecule has 14 rings (SSSR count). The summed E-state index contributed by atoms with van der Waals surface area (Å²) in [5.74, 6) is 0. The minimum atomic E-state index is -0.555. The fraction of sp³-hybridized carbons (Fsp3) is 0.0500. The molecule has 0 aromatic heterocycles. The van der Waals surface area contributed by atoms with Crippen molar-refractivity contribution in [1.82, 2.24) is 0 Å². The number of hydrogen-bond acceptors (Lipinski definition) is 2. The first kappa shape index (κ1) is 50.0. The first-order valence-corrected chi connectivity index (χ1v) is 28.4. The van der Waals surface area contributed by atoms with Gasteiger partial charge in [0.05, 0.1) is 10.8 Å². The van der Waals surface area contributed by atoms with Gasteiger partial charge in [-0.25, -0.2) is 0 Å². The zero-order valence-corrected chi connectivity index (χ0v) is 46.2. The average Bonchev–Trinajstić information content (AvgIpc) is 2.79. The van der Waals surface area contributed by atoms with Gasteiger partial charge in [0.25, 0.3) is 0 Å². The maximum absolute atomic E-state index is 4.09. The van der Waals surface area contributed by atoms with Gasteiger partial charge in [-0.2, -0.15) is 0 Å². The number of rotatable bonds is 13. The molecule has 0 spiro atoms. The SMILES string of the molecule is C=Cc1ccc(C2(c3ccc(C)cc3)c3ccccc3-c3ccc(N(c4ccccc4)c4ccc(-c5ccc(N(c6ccccc6)c6ccc7c(c6)C(c6ccc(C)cc6)(c6ccc(C=C)cc6)c6ccccc6-7)cc5)cc4)cc32)cc1. The van der Waals surface area contributed by atoms with Crippen molar-refractivity contribution < 1.29 is 0 Å². The Bertz CT molecular complexity index is 4050. The Labute approximate surface area is 482 Å². The Kier molecular flexibility index (Phi) is 12.5. The standard InChI is InChI=1S/C80H60N2/c1-5-57-29-41-63(42-30-57)79(61-37-25-55(3)26-38-61)75-23-15-13-21-71(75)73-51-49-69(53-77(73)79)81(65-17-9-7-10-18-65)67-45-33-59(34-46-67)60-35-47-68(48-36-60)82(66-19-11-8-12-20-66)70-50-52-74-72-22-14-16-24-76(72)80(78(74)54-70,62-39-27-56(4)28-40-62)64-43-31-58(6-2)32-44-64/h5-54H,1-2H2,3-4H3. The summed E-state index contributed by atoms with van der Waals surface area (Å²) in [5, 5.41) is 0. The van der Waals surface area contributed by atoms with Crippen LogP contribution in [-0.4, -0.2) is 0 Å². The Hall–Kier alpha value is -10.3. The number of para-hydroxylation sites is 2. The molecule has 0 saturated heterocycles. The van der Waals surface area contributed by atoms with E-state index in [-0.39, 0.29) is 0 Å².